The van der Waals surface area contributed by atoms with E-state index in [1.807, 2.05) is 0 Å². The molecule has 0 unspecified atom stereocenters. The third-order valence-electron chi connectivity index (χ3n) is 1.78. The monoisotopic (exact) mass is 300 g/mol. The normalized spacial score (nSPS) is 11.6. The number of carboxylic acids is 1. The molecule has 0 radical (unpaired) electrons. The topological polar surface area (TPSA) is 37.3 Å². The Kier molecular flexibility index (Phi) is 3.57. The second-order valence-corrected chi connectivity index (χ2v) is 3.88. The van der Waals surface area contributed by atoms with Gasteiger partial charge in [-0.25, -0.2) is 17.6 Å². The van der Waals surface area contributed by atoms with Crippen molar-refractivity contribution in [1.82, 2.24) is 0 Å². The van der Waals surface area contributed by atoms with Crippen LogP contribution in [0.3, 0.4) is 0 Å². The highest BCUT2D eigenvalue weighted by molar-refractivity contribution is 9.10. The number of alkyl halides is 2. The molecule has 1 rings (SSSR count). The molecule has 0 amide bonds. The molecule has 16 heavy (non-hydrogen) atoms. The van der Waals surface area contributed by atoms with E-state index in [0.29, 0.717) is 6.07 Å². The fraction of sp³-hybridized carbons (Fsp3) is 0.222. The van der Waals surface area contributed by atoms with E-state index in [9.17, 15) is 22.4 Å². The number of rotatable bonds is 3. The quantitative estimate of drug-likeness (QED) is 0.687. The van der Waals surface area contributed by atoms with Gasteiger partial charge in [-0.05, 0) is 12.1 Å². The summed E-state index contributed by atoms with van der Waals surface area (Å²) in [5.74, 6) is -8.24. The number of aliphatic carboxylic acids is 1. The van der Waals surface area contributed by atoms with Crippen LogP contribution in [-0.4, -0.2) is 11.1 Å². The third kappa shape index (κ3) is 2.72. The molecular weight excluding hydrogens is 296 g/mol. The molecule has 0 saturated heterocycles. The summed E-state index contributed by atoms with van der Waals surface area (Å²) in [6.45, 7) is 0. The number of carboxylic acid groups (broad SMARTS) is 1. The fourth-order valence-electron chi connectivity index (χ4n) is 1.09. The summed E-state index contributed by atoms with van der Waals surface area (Å²) in [5.41, 5.74) is -0.895. The second-order valence-electron chi connectivity index (χ2n) is 3.02. The fourth-order valence-corrected chi connectivity index (χ4v) is 1.69. The van der Waals surface area contributed by atoms with Gasteiger partial charge in [0, 0.05) is 10.0 Å². The first-order valence-electron chi connectivity index (χ1n) is 3.98. The van der Waals surface area contributed by atoms with Gasteiger partial charge in [0.1, 0.15) is 6.42 Å². The lowest BCUT2D eigenvalue weighted by molar-refractivity contribution is -0.145. The zero-order valence-electron chi connectivity index (χ0n) is 7.61. The Morgan fingerprint density at radius 3 is 2.31 bits per heavy atom. The molecule has 1 aromatic rings. The van der Waals surface area contributed by atoms with Gasteiger partial charge in [0.25, 0.3) is 5.92 Å². The molecule has 88 valence electrons. The van der Waals surface area contributed by atoms with Gasteiger partial charge >= 0.3 is 5.97 Å². The Bertz CT molecular complexity index is 434. The van der Waals surface area contributed by atoms with Gasteiger partial charge in [-0.3, -0.25) is 4.79 Å². The van der Waals surface area contributed by atoms with Crippen molar-refractivity contribution in [3.05, 3.63) is 33.8 Å². The predicted molar refractivity (Wildman–Crippen MR) is 50.2 cm³/mol. The van der Waals surface area contributed by atoms with Crippen molar-refractivity contribution in [1.29, 1.82) is 0 Å². The van der Waals surface area contributed by atoms with Crippen LogP contribution in [0.25, 0.3) is 0 Å². The summed E-state index contributed by atoms with van der Waals surface area (Å²) >= 11 is 2.63. The molecule has 0 aliphatic rings. The molecule has 0 atom stereocenters. The van der Waals surface area contributed by atoms with Crippen LogP contribution in [0.1, 0.15) is 12.0 Å². The number of benzene rings is 1. The molecule has 0 aliphatic heterocycles. The van der Waals surface area contributed by atoms with E-state index >= 15 is 0 Å². The highest BCUT2D eigenvalue weighted by Crippen LogP contribution is 2.37. The third-order valence-corrected chi connectivity index (χ3v) is 2.43. The van der Waals surface area contributed by atoms with Crippen LogP contribution in [0.15, 0.2) is 16.6 Å². The molecule has 2 nitrogen and oxygen atoms in total. The van der Waals surface area contributed by atoms with Crippen LogP contribution in [0.2, 0.25) is 0 Å². The van der Waals surface area contributed by atoms with Gasteiger partial charge in [-0.1, -0.05) is 15.9 Å². The summed E-state index contributed by atoms with van der Waals surface area (Å²) in [6, 6.07) is 0.808. The van der Waals surface area contributed by atoms with Crippen LogP contribution in [0, 0.1) is 11.6 Å². The molecule has 0 aliphatic carbocycles. The number of hydrogen-bond donors (Lipinski definition) is 1. The molecule has 1 aromatic carbocycles. The van der Waals surface area contributed by atoms with Crippen molar-refractivity contribution in [3.63, 3.8) is 0 Å². The van der Waals surface area contributed by atoms with Crippen LogP contribution >= 0.6 is 15.9 Å². The van der Waals surface area contributed by atoms with E-state index in [1.165, 1.54) is 0 Å². The molecule has 0 fully saturated rings. The molecular formula is C9H5BrF4O2. The summed E-state index contributed by atoms with van der Waals surface area (Å²) in [6.07, 6.45) is -1.49. The Morgan fingerprint density at radius 2 is 1.81 bits per heavy atom. The predicted octanol–water partition coefficient (Wildman–Crippen LogP) is 3.29. The Balaban J connectivity index is 3.22. The first-order chi connectivity index (χ1) is 7.24. The summed E-state index contributed by atoms with van der Waals surface area (Å²) in [5, 5.41) is 8.26. The zero-order valence-corrected chi connectivity index (χ0v) is 9.19. The van der Waals surface area contributed by atoms with Crippen LogP contribution in [-0.2, 0) is 10.7 Å². The molecule has 1 N–H and O–H groups in total. The minimum absolute atomic E-state index is 0.280. The molecule has 0 saturated carbocycles. The lowest BCUT2D eigenvalue weighted by Gasteiger charge is -2.16. The molecule has 0 heterocycles. The van der Waals surface area contributed by atoms with Gasteiger partial charge in [-0.15, -0.1) is 0 Å². The lowest BCUT2D eigenvalue weighted by atomic mass is 10.1. The van der Waals surface area contributed by atoms with Crippen LogP contribution in [0.4, 0.5) is 17.6 Å². The summed E-state index contributed by atoms with van der Waals surface area (Å²) < 4.78 is 51.6. The Labute approximate surface area is 96.0 Å². The Morgan fingerprint density at radius 1 is 1.31 bits per heavy atom. The van der Waals surface area contributed by atoms with Gasteiger partial charge < -0.3 is 5.11 Å². The van der Waals surface area contributed by atoms with Crippen molar-refractivity contribution in [3.8, 4) is 0 Å². The smallest absolute Gasteiger partial charge is 0.309 e. The first-order valence-corrected chi connectivity index (χ1v) is 4.78. The summed E-state index contributed by atoms with van der Waals surface area (Å²) in [4.78, 5) is 10.2. The zero-order chi connectivity index (χ0) is 12.5. The van der Waals surface area contributed by atoms with Crippen molar-refractivity contribution in [2.45, 2.75) is 12.3 Å². The number of hydrogen-bond acceptors (Lipinski definition) is 1. The van der Waals surface area contributed by atoms with Gasteiger partial charge in [-0.2, -0.15) is 0 Å². The SMILES string of the molecule is O=C(O)CC(F)(F)c1cc(F)c(F)cc1Br. The van der Waals surface area contributed by atoms with E-state index in [2.05, 4.69) is 15.9 Å². The molecule has 0 bridgehead atoms. The minimum Gasteiger partial charge on any atom is -0.481 e. The van der Waals surface area contributed by atoms with Crippen molar-refractivity contribution >= 4 is 21.9 Å². The van der Waals surface area contributed by atoms with Crippen LogP contribution in [0.5, 0.6) is 0 Å². The lowest BCUT2D eigenvalue weighted by Crippen LogP contribution is -2.19. The second kappa shape index (κ2) is 4.40. The van der Waals surface area contributed by atoms with E-state index in [0.717, 1.165) is 0 Å². The first kappa shape index (κ1) is 13.0. The average Bonchev–Trinajstić information content (AvgIpc) is 2.08. The van der Waals surface area contributed by atoms with Crippen molar-refractivity contribution in [2.75, 3.05) is 0 Å². The number of halogens is 5. The van der Waals surface area contributed by atoms with Crippen molar-refractivity contribution in [2.24, 2.45) is 0 Å². The molecule has 0 spiro atoms. The Hall–Kier alpha value is -1.11. The van der Waals surface area contributed by atoms with Gasteiger partial charge in [0.05, 0.1) is 0 Å². The maximum Gasteiger partial charge on any atom is 0.309 e. The number of carbonyl (C=O) groups is 1. The maximum atomic E-state index is 13.3. The molecule has 7 heteroatoms. The minimum atomic E-state index is -3.76. The highest BCUT2D eigenvalue weighted by Gasteiger charge is 2.37. The van der Waals surface area contributed by atoms with Crippen molar-refractivity contribution < 1.29 is 27.5 Å². The van der Waals surface area contributed by atoms with Gasteiger partial charge in [0.2, 0.25) is 0 Å². The standard InChI is InChI=1S/C9H5BrF4O2/c10-5-2-7(12)6(11)1-4(5)9(13,14)3-8(15)16/h1-2H,3H2,(H,15,16). The van der Waals surface area contributed by atoms with E-state index < -0.39 is 35.5 Å². The van der Waals surface area contributed by atoms with E-state index in [4.69, 9.17) is 5.11 Å². The van der Waals surface area contributed by atoms with E-state index in [1.54, 1.807) is 0 Å². The maximum absolute atomic E-state index is 13.3. The van der Waals surface area contributed by atoms with Crippen LogP contribution < -0.4 is 0 Å². The average molecular weight is 301 g/mol. The highest BCUT2D eigenvalue weighted by atomic mass is 79.9. The summed E-state index contributed by atoms with van der Waals surface area (Å²) in [7, 11) is 0. The van der Waals surface area contributed by atoms with E-state index in [-0.39, 0.29) is 10.5 Å². The van der Waals surface area contributed by atoms with Gasteiger partial charge in [0.15, 0.2) is 11.6 Å². The molecule has 0 aromatic heterocycles. The largest absolute Gasteiger partial charge is 0.481 e.